The number of allylic oxidation sites excluding steroid dienone is 2. The van der Waals surface area contributed by atoms with Gasteiger partial charge in [-0.05, 0) is 36.0 Å². The predicted molar refractivity (Wildman–Crippen MR) is 90.7 cm³/mol. The minimum atomic E-state index is -0.618. The zero-order chi connectivity index (χ0) is 17.7. The topological polar surface area (TPSA) is 63.7 Å². The molecule has 0 radical (unpaired) electrons. The first kappa shape index (κ1) is 16.6. The molecule has 2 amide bonds. The molecule has 1 heterocycles. The number of halogens is 2. The fraction of sp³-hybridized carbons (Fsp3) is 0.389. The Morgan fingerprint density at radius 3 is 2.32 bits per heavy atom. The van der Waals surface area contributed by atoms with Crippen molar-refractivity contribution in [2.75, 3.05) is 6.54 Å². The second-order valence-electron chi connectivity index (χ2n) is 6.67. The van der Waals surface area contributed by atoms with E-state index in [0.717, 1.165) is 11.3 Å². The maximum atomic E-state index is 12.5. The van der Waals surface area contributed by atoms with Crippen LogP contribution < -0.4 is 0 Å². The van der Waals surface area contributed by atoms with Crippen LogP contribution in [0.4, 0.5) is 0 Å². The fourth-order valence-corrected chi connectivity index (χ4v) is 4.41. The van der Waals surface area contributed by atoms with Crippen LogP contribution in [-0.4, -0.2) is 29.2 Å². The quantitative estimate of drug-likeness (QED) is 0.458. The second kappa shape index (κ2) is 6.15. The molecule has 3 aliphatic rings. The highest BCUT2D eigenvalue weighted by molar-refractivity contribution is 6.42. The number of nitrogens with zero attached hydrogens (tertiary/aromatic N) is 1. The lowest BCUT2D eigenvalue weighted by Crippen LogP contribution is -2.37. The Bertz CT molecular complexity index is 776. The molecule has 4 atom stereocenters. The molecule has 0 N–H and O–H groups in total. The summed E-state index contributed by atoms with van der Waals surface area (Å²) in [4.78, 5) is 38.1. The summed E-state index contributed by atoms with van der Waals surface area (Å²) in [5.41, 5.74) is 0.681. The van der Waals surface area contributed by atoms with E-state index >= 15 is 0 Å². The van der Waals surface area contributed by atoms with E-state index in [0.29, 0.717) is 15.6 Å². The molecule has 1 aromatic carbocycles. The van der Waals surface area contributed by atoms with Crippen LogP contribution >= 0.6 is 23.2 Å². The molecule has 1 aliphatic heterocycles. The number of carbonyl (C=O) groups is 3. The van der Waals surface area contributed by atoms with Crippen molar-refractivity contribution in [3.63, 3.8) is 0 Å². The summed E-state index contributed by atoms with van der Waals surface area (Å²) < 4.78 is 5.17. The van der Waals surface area contributed by atoms with E-state index in [1.807, 2.05) is 12.2 Å². The highest BCUT2D eigenvalue weighted by Crippen LogP contribution is 2.52. The van der Waals surface area contributed by atoms with Crippen LogP contribution in [0.5, 0.6) is 0 Å². The second-order valence-corrected chi connectivity index (χ2v) is 7.49. The number of ether oxygens (including phenoxy) is 1. The fourth-order valence-electron chi connectivity index (χ4n) is 4.09. The molecular weight excluding hydrogens is 365 g/mol. The summed E-state index contributed by atoms with van der Waals surface area (Å²) in [5, 5.41) is 0.788. The van der Waals surface area contributed by atoms with Crippen LogP contribution in [0.1, 0.15) is 12.0 Å². The number of hydrogen-bond acceptors (Lipinski definition) is 4. The number of rotatable bonds is 4. The van der Waals surface area contributed by atoms with E-state index < -0.39 is 5.97 Å². The predicted octanol–water partition coefficient (Wildman–Crippen LogP) is 2.84. The molecule has 0 aromatic heterocycles. The van der Waals surface area contributed by atoms with Gasteiger partial charge >= 0.3 is 5.97 Å². The van der Waals surface area contributed by atoms with Crippen LogP contribution in [0.25, 0.3) is 0 Å². The number of esters is 1. The Kier molecular flexibility index (Phi) is 4.08. The molecule has 1 saturated heterocycles. The van der Waals surface area contributed by atoms with Crippen molar-refractivity contribution in [1.82, 2.24) is 4.90 Å². The number of amides is 2. The summed E-state index contributed by atoms with van der Waals surface area (Å²) >= 11 is 11.8. The van der Waals surface area contributed by atoms with E-state index in [4.69, 9.17) is 27.9 Å². The molecule has 4 rings (SSSR count). The van der Waals surface area contributed by atoms with E-state index in [9.17, 15) is 14.4 Å². The van der Waals surface area contributed by atoms with Crippen molar-refractivity contribution in [2.45, 2.75) is 13.0 Å². The molecule has 5 nitrogen and oxygen atoms in total. The molecule has 0 spiro atoms. The third-order valence-electron chi connectivity index (χ3n) is 5.23. The first-order chi connectivity index (χ1) is 12.0. The van der Waals surface area contributed by atoms with Gasteiger partial charge in [0.25, 0.3) is 0 Å². The van der Waals surface area contributed by atoms with Gasteiger partial charge in [-0.3, -0.25) is 19.3 Å². The van der Waals surface area contributed by atoms with Crippen molar-refractivity contribution in [2.24, 2.45) is 23.7 Å². The Balaban J connectivity index is 1.37. The van der Waals surface area contributed by atoms with Gasteiger partial charge in [-0.2, -0.15) is 0 Å². The van der Waals surface area contributed by atoms with E-state index in [2.05, 4.69) is 0 Å². The van der Waals surface area contributed by atoms with Crippen molar-refractivity contribution >= 4 is 41.0 Å². The van der Waals surface area contributed by atoms with E-state index in [1.165, 1.54) is 0 Å². The van der Waals surface area contributed by atoms with Crippen LogP contribution in [0.15, 0.2) is 30.4 Å². The standard InChI is InChI=1S/C18H15Cl2NO4/c19-12-4-1-9(5-13(12)20)8-25-14(22)7-21-17(23)15-10-2-3-11(6-10)16(15)18(21)24/h1-5,10-11,15-16H,6-8H2. The van der Waals surface area contributed by atoms with Crippen molar-refractivity contribution in [3.8, 4) is 0 Å². The molecule has 4 unspecified atom stereocenters. The monoisotopic (exact) mass is 379 g/mol. The summed E-state index contributed by atoms with van der Waals surface area (Å²) in [5.74, 6) is -1.46. The van der Waals surface area contributed by atoms with Crippen molar-refractivity contribution in [1.29, 1.82) is 0 Å². The molecule has 1 saturated carbocycles. The Morgan fingerprint density at radius 1 is 1.08 bits per heavy atom. The molecule has 25 heavy (non-hydrogen) atoms. The van der Waals surface area contributed by atoms with Crippen molar-refractivity contribution in [3.05, 3.63) is 46.0 Å². The van der Waals surface area contributed by atoms with Crippen LogP contribution in [0, 0.1) is 23.7 Å². The Morgan fingerprint density at radius 2 is 1.72 bits per heavy atom. The molecule has 2 aliphatic carbocycles. The normalized spacial score (nSPS) is 29.4. The van der Waals surface area contributed by atoms with Gasteiger partial charge in [-0.1, -0.05) is 41.4 Å². The lowest BCUT2D eigenvalue weighted by molar-refractivity contribution is -0.154. The van der Waals surface area contributed by atoms with Gasteiger partial charge in [0, 0.05) is 0 Å². The number of imide groups is 1. The maximum Gasteiger partial charge on any atom is 0.326 e. The smallest absolute Gasteiger partial charge is 0.326 e. The summed E-state index contributed by atoms with van der Waals surface area (Å²) in [6.45, 7) is -0.336. The van der Waals surface area contributed by atoms with Crippen LogP contribution in [-0.2, 0) is 25.7 Å². The Hall–Kier alpha value is -1.85. The summed E-state index contributed by atoms with van der Waals surface area (Å²) in [7, 11) is 0. The number of hydrogen-bond donors (Lipinski definition) is 0. The molecular formula is C18H15Cl2NO4. The maximum absolute atomic E-state index is 12.5. The zero-order valence-electron chi connectivity index (χ0n) is 13.2. The third kappa shape index (κ3) is 2.75. The lowest BCUT2D eigenvalue weighted by Gasteiger charge is -2.16. The van der Waals surface area contributed by atoms with E-state index in [1.54, 1.807) is 18.2 Å². The zero-order valence-corrected chi connectivity index (χ0v) is 14.7. The number of likely N-dealkylation sites (tertiary alicyclic amines) is 1. The molecule has 2 fully saturated rings. The van der Waals surface area contributed by atoms with Gasteiger partial charge in [0.2, 0.25) is 11.8 Å². The van der Waals surface area contributed by atoms with Crippen LogP contribution in [0.3, 0.4) is 0 Å². The number of carbonyl (C=O) groups excluding carboxylic acids is 3. The summed E-state index contributed by atoms with van der Waals surface area (Å²) in [6, 6.07) is 4.92. The average Bonchev–Trinajstić information content (AvgIpc) is 3.26. The van der Waals surface area contributed by atoms with Gasteiger partial charge in [0.15, 0.2) is 0 Å². The van der Waals surface area contributed by atoms with Gasteiger partial charge in [0.1, 0.15) is 13.2 Å². The number of fused-ring (bicyclic) bond motifs is 5. The first-order valence-electron chi connectivity index (χ1n) is 8.09. The average molecular weight is 380 g/mol. The van der Waals surface area contributed by atoms with Gasteiger partial charge < -0.3 is 4.74 Å². The third-order valence-corrected chi connectivity index (χ3v) is 5.97. The molecule has 7 heteroatoms. The van der Waals surface area contributed by atoms with Crippen LogP contribution in [0.2, 0.25) is 10.0 Å². The largest absolute Gasteiger partial charge is 0.459 e. The first-order valence-corrected chi connectivity index (χ1v) is 8.84. The minimum absolute atomic E-state index is 0.00556. The number of benzene rings is 1. The highest BCUT2D eigenvalue weighted by Gasteiger charge is 2.59. The highest BCUT2D eigenvalue weighted by atomic mass is 35.5. The molecule has 130 valence electrons. The SMILES string of the molecule is O=C(CN1C(=O)C2C3C=CC(C3)C2C1=O)OCc1ccc(Cl)c(Cl)c1. The lowest BCUT2D eigenvalue weighted by atomic mass is 9.85. The van der Waals surface area contributed by atoms with Gasteiger partial charge in [-0.25, -0.2) is 0 Å². The van der Waals surface area contributed by atoms with Gasteiger partial charge in [-0.15, -0.1) is 0 Å². The molecule has 2 bridgehead atoms. The van der Waals surface area contributed by atoms with Gasteiger partial charge in [0.05, 0.1) is 21.9 Å². The van der Waals surface area contributed by atoms with E-state index in [-0.39, 0.29) is 48.6 Å². The minimum Gasteiger partial charge on any atom is -0.459 e. The molecule has 1 aromatic rings. The van der Waals surface area contributed by atoms with Crippen molar-refractivity contribution < 1.29 is 19.1 Å². The summed E-state index contributed by atoms with van der Waals surface area (Å²) in [6.07, 6.45) is 4.90. The Labute approximate surface area is 154 Å².